The van der Waals surface area contributed by atoms with Gasteiger partial charge in [-0.05, 0) is 25.2 Å². The zero-order valence-electron chi connectivity index (χ0n) is 5.93. The van der Waals surface area contributed by atoms with Crippen LogP contribution in [-0.2, 0) is 0 Å². The van der Waals surface area contributed by atoms with Crippen molar-refractivity contribution in [3.8, 4) is 0 Å². The minimum atomic E-state index is -0.110. The lowest BCUT2D eigenvalue weighted by Crippen LogP contribution is -2.18. The summed E-state index contributed by atoms with van der Waals surface area (Å²) in [5.41, 5.74) is 1.21. The van der Waals surface area contributed by atoms with Crippen molar-refractivity contribution in [1.82, 2.24) is 0 Å². The Kier molecular flexibility index (Phi) is 1.91. The first kappa shape index (κ1) is 6.81. The number of rotatable bonds is 0. The molecule has 1 aliphatic rings. The third-order valence-corrected chi connectivity index (χ3v) is 1.84. The van der Waals surface area contributed by atoms with Gasteiger partial charge in [0.2, 0.25) is 0 Å². The number of aliphatic hydroxyl groups is 1. The Balaban J connectivity index is 2.43. The lowest BCUT2D eigenvalue weighted by Gasteiger charge is -2.24. The molecule has 1 heteroatoms. The van der Waals surface area contributed by atoms with Crippen molar-refractivity contribution >= 4 is 0 Å². The van der Waals surface area contributed by atoms with Crippen molar-refractivity contribution < 1.29 is 5.11 Å². The van der Waals surface area contributed by atoms with Crippen LogP contribution in [0.3, 0.4) is 0 Å². The topological polar surface area (TPSA) is 20.2 Å². The lowest BCUT2D eigenvalue weighted by atomic mass is 9.86. The van der Waals surface area contributed by atoms with Crippen LogP contribution in [0.15, 0.2) is 12.2 Å². The Morgan fingerprint density at radius 1 is 1.56 bits per heavy atom. The molecule has 1 saturated carbocycles. The van der Waals surface area contributed by atoms with E-state index >= 15 is 0 Å². The highest BCUT2D eigenvalue weighted by Gasteiger charge is 2.18. The SMILES string of the molecule is C=C1CC(C)C[C@H](O)C1. The van der Waals surface area contributed by atoms with Crippen molar-refractivity contribution in [3.63, 3.8) is 0 Å². The predicted molar refractivity (Wildman–Crippen MR) is 38.2 cm³/mol. The standard InChI is InChI=1S/C8H14O/c1-6-3-7(2)5-8(9)4-6/h7-9H,1,3-5H2,2H3/t7?,8-/m1/s1. The summed E-state index contributed by atoms with van der Waals surface area (Å²) in [6.45, 7) is 6.02. The largest absolute Gasteiger partial charge is 0.393 e. The van der Waals surface area contributed by atoms with Crippen molar-refractivity contribution in [1.29, 1.82) is 0 Å². The van der Waals surface area contributed by atoms with E-state index < -0.39 is 0 Å². The minimum absolute atomic E-state index is 0.110. The molecule has 52 valence electrons. The summed E-state index contributed by atoms with van der Waals surface area (Å²) in [5.74, 6) is 0.640. The highest BCUT2D eigenvalue weighted by atomic mass is 16.3. The summed E-state index contributed by atoms with van der Waals surface area (Å²) < 4.78 is 0. The number of aliphatic hydroxyl groups excluding tert-OH is 1. The summed E-state index contributed by atoms with van der Waals surface area (Å²) >= 11 is 0. The summed E-state index contributed by atoms with van der Waals surface area (Å²) in [6.07, 6.45) is 2.78. The van der Waals surface area contributed by atoms with Gasteiger partial charge in [0.25, 0.3) is 0 Å². The molecule has 1 fully saturated rings. The number of hydrogen-bond donors (Lipinski definition) is 1. The van der Waals surface area contributed by atoms with Crippen LogP contribution in [0.2, 0.25) is 0 Å². The molecule has 0 aromatic heterocycles. The average Bonchev–Trinajstić information content (AvgIpc) is 1.59. The highest BCUT2D eigenvalue weighted by molar-refractivity contribution is 5.01. The quantitative estimate of drug-likeness (QED) is 0.490. The van der Waals surface area contributed by atoms with Crippen LogP contribution in [0.1, 0.15) is 26.2 Å². The summed E-state index contributed by atoms with van der Waals surface area (Å²) in [7, 11) is 0. The van der Waals surface area contributed by atoms with Gasteiger partial charge in [0.1, 0.15) is 0 Å². The van der Waals surface area contributed by atoms with Crippen LogP contribution in [0.25, 0.3) is 0 Å². The Morgan fingerprint density at radius 3 is 2.67 bits per heavy atom. The Labute approximate surface area is 56.4 Å². The Hall–Kier alpha value is -0.300. The molecule has 0 aromatic rings. The average molecular weight is 126 g/mol. The van der Waals surface area contributed by atoms with Gasteiger partial charge < -0.3 is 5.11 Å². The van der Waals surface area contributed by atoms with Crippen LogP contribution in [0.5, 0.6) is 0 Å². The van der Waals surface area contributed by atoms with E-state index in [1.54, 1.807) is 0 Å². The van der Waals surface area contributed by atoms with Crippen LogP contribution in [-0.4, -0.2) is 11.2 Å². The van der Waals surface area contributed by atoms with E-state index in [1.807, 2.05) is 0 Å². The molecule has 1 unspecified atom stereocenters. The molecule has 9 heavy (non-hydrogen) atoms. The maximum absolute atomic E-state index is 9.19. The Bertz CT molecular complexity index is 106. The second kappa shape index (κ2) is 2.53. The molecule has 2 atom stereocenters. The monoisotopic (exact) mass is 126 g/mol. The van der Waals surface area contributed by atoms with Crippen LogP contribution < -0.4 is 0 Å². The lowest BCUT2D eigenvalue weighted by molar-refractivity contribution is 0.128. The maximum Gasteiger partial charge on any atom is 0.0579 e. The first-order valence-corrected chi connectivity index (χ1v) is 3.53. The molecule has 0 heterocycles. The smallest absolute Gasteiger partial charge is 0.0579 e. The molecule has 0 radical (unpaired) electrons. The van der Waals surface area contributed by atoms with Crippen LogP contribution >= 0.6 is 0 Å². The maximum atomic E-state index is 9.19. The predicted octanol–water partition coefficient (Wildman–Crippen LogP) is 1.72. The molecule has 0 saturated heterocycles. The zero-order chi connectivity index (χ0) is 6.85. The second-order valence-electron chi connectivity index (χ2n) is 3.15. The van der Waals surface area contributed by atoms with E-state index in [1.165, 1.54) is 5.57 Å². The van der Waals surface area contributed by atoms with Crippen LogP contribution in [0, 0.1) is 5.92 Å². The fourth-order valence-corrected chi connectivity index (χ4v) is 1.54. The summed E-state index contributed by atoms with van der Waals surface area (Å²) in [6, 6.07) is 0. The minimum Gasteiger partial charge on any atom is -0.393 e. The molecule has 0 aromatic carbocycles. The molecule has 0 bridgehead atoms. The van der Waals surface area contributed by atoms with Crippen molar-refractivity contribution in [2.24, 2.45) is 5.92 Å². The van der Waals surface area contributed by atoms with E-state index in [2.05, 4.69) is 13.5 Å². The molecule has 0 spiro atoms. The van der Waals surface area contributed by atoms with E-state index in [9.17, 15) is 5.11 Å². The molecule has 1 N–H and O–H groups in total. The van der Waals surface area contributed by atoms with Crippen molar-refractivity contribution in [2.75, 3.05) is 0 Å². The fraction of sp³-hybridized carbons (Fsp3) is 0.750. The zero-order valence-corrected chi connectivity index (χ0v) is 5.93. The van der Waals surface area contributed by atoms with Gasteiger partial charge in [-0.3, -0.25) is 0 Å². The second-order valence-corrected chi connectivity index (χ2v) is 3.15. The Morgan fingerprint density at radius 2 is 2.22 bits per heavy atom. The van der Waals surface area contributed by atoms with E-state index in [-0.39, 0.29) is 6.10 Å². The molecule has 1 aliphatic carbocycles. The summed E-state index contributed by atoms with van der Waals surface area (Å²) in [4.78, 5) is 0. The first-order valence-electron chi connectivity index (χ1n) is 3.53. The van der Waals surface area contributed by atoms with Gasteiger partial charge in [0, 0.05) is 0 Å². The van der Waals surface area contributed by atoms with Gasteiger partial charge in [0.05, 0.1) is 6.10 Å². The summed E-state index contributed by atoms with van der Waals surface area (Å²) in [5, 5.41) is 9.19. The normalized spacial score (nSPS) is 36.9. The highest BCUT2D eigenvalue weighted by Crippen LogP contribution is 2.26. The van der Waals surface area contributed by atoms with Gasteiger partial charge in [-0.15, -0.1) is 0 Å². The van der Waals surface area contributed by atoms with Gasteiger partial charge in [-0.25, -0.2) is 0 Å². The van der Waals surface area contributed by atoms with Gasteiger partial charge >= 0.3 is 0 Å². The molecule has 0 aliphatic heterocycles. The van der Waals surface area contributed by atoms with Gasteiger partial charge in [0.15, 0.2) is 0 Å². The van der Waals surface area contributed by atoms with Crippen molar-refractivity contribution in [2.45, 2.75) is 32.3 Å². The van der Waals surface area contributed by atoms with E-state index in [0.29, 0.717) is 5.92 Å². The molecular formula is C8H14O. The third-order valence-electron chi connectivity index (χ3n) is 1.84. The van der Waals surface area contributed by atoms with Gasteiger partial charge in [-0.1, -0.05) is 19.1 Å². The number of hydrogen-bond acceptors (Lipinski definition) is 1. The molecule has 1 rings (SSSR count). The van der Waals surface area contributed by atoms with E-state index in [0.717, 1.165) is 19.3 Å². The van der Waals surface area contributed by atoms with Crippen LogP contribution in [0.4, 0.5) is 0 Å². The molecule has 0 amide bonds. The van der Waals surface area contributed by atoms with Gasteiger partial charge in [-0.2, -0.15) is 0 Å². The first-order chi connectivity index (χ1) is 4.18. The molecule has 1 nitrogen and oxygen atoms in total. The third kappa shape index (κ3) is 1.83. The van der Waals surface area contributed by atoms with Crippen molar-refractivity contribution in [3.05, 3.63) is 12.2 Å². The fourth-order valence-electron chi connectivity index (χ4n) is 1.54. The molecular weight excluding hydrogens is 112 g/mol. The van der Waals surface area contributed by atoms with E-state index in [4.69, 9.17) is 0 Å².